The fourth-order valence-corrected chi connectivity index (χ4v) is 2.07. The predicted octanol–water partition coefficient (Wildman–Crippen LogP) is 3.72. The summed E-state index contributed by atoms with van der Waals surface area (Å²) in [4.78, 5) is 0. The van der Waals surface area contributed by atoms with Crippen LogP contribution in [0.2, 0.25) is 0 Å². The Kier molecular flexibility index (Phi) is 4.35. The molecule has 0 aliphatic carbocycles. The third-order valence-corrected chi connectivity index (χ3v) is 2.87. The highest BCUT2D eigenvalue weighted by atomic mass is 16.6. The van der Waals surface area contributed by atoms with Crippen LogP contribution >= 0.6 is 0 Å². The predicted molar refractivity (Wildman–Crippen MR) is 76.7 cm³/mol. The molecule has 2 heteroatoms. The molecular formula is C17H20O2. The molecule has 0 aliphatic rings. The molecule has 1 unspecified atom stereocenters. The van der Waals surface area contributed by atoms with Crippen molar-refractivity contribution in [3.05, 3.63) is 71.8 Å². The van der Waals surface area contributed by atoms with Crippen LogP contribution in [0.4, 0.5) is 0 Å². The van der Waals surface area contributed by atoms with E-state index in [0.717, 1.165) is 12.0 Å². The summed E-state index contributed by atoms with van der Waals surface area (Å²) in [5.41, 5.74) is 2.27. The Hall–Kier alpha value is -1.64. The summed E-state index contributed by atoms with van der Waals surface area (Å²) in [6, 6.07) is 20.2. The Balaban J connectivity index is 2.20. The van der Waals surface area contributed by atoms with Gasteiger partial charge in [0.2, 0.25) is 0 Å². The maximum atomic E-state index is 9.91. The van der Waals surface area contributed by atoms with E-state index in [0.29, 0.717) is 0 Å². The van der Waals surface area contributed by atoms with E-state index in [1.165, 1.54) is 5.56 Å². The Labute approximate surface area is 114 Å². The Morgan fingerprint density at radius 1 is 0.947 bits per heavy atom. The lowest BCUT2D eigenvalue weighted by molar-refractivity contribution is -0.207. The summed E-state index contributed by atoms with van der Waals surface area (Å²) in [5.74, 6) is -1.14. The van der Waals surface area contributed by atoms with Gasteiger partial charge in [0.25, 0.3) is 0 Å². The normalized spacial score (nSPS) is 13.2. The molecular weight excluding hydrogens is 236 g/mol. The van der Waals surface area contributed by atoms with Gasteiger partial charge in [0.15, 0.2) is 5.79 Å². The number of hydrogen-bond donors (Lipinski definition) is 1. The molecule has 2 aromatic rings. The van der Waals surface area contributed by atoms with E-state index in [1.54, 1.807) is 13.8 Å². The van der Waals surface area contributed by atoms with Crippen LogP contribution in [0, 0.1) is 0 Å². The third-order valence-electron chi connectivity index (χ3n) is 2.87. The Morgan fingerprint density at radius 2 is 1.47 bits per heavy atom. The standard InChI is InChI=1S/C17H20O2/c1-17(2,18)19-16(15-11-7-4-8-12-15)13-14-9-5-3-6-10-14/h3-12,16,18H,13H2,1-2H3. The average molecular weight is 256 g/mol. The van der Waals surface area contributed by atoms with E-state index in [-0.39, 0.29) is 6.10 Å². The van der Waals surface area contributed by atoms with Gasteiger partial charge in [-0.05, 0) is 25.0 Å². The average Bonchev–Trinajstić information content (AvgIpc) is 2.39. The Morgan fingerprint density at radius 3 is 2.00 bits per heavy atom. The first kappa shape index (κ1) is 13.8. The lowest BCUT2D eigenvalue weighted by Gasteiger charge is -2.27. The van der Waals surface area contributed by atoms with Crippen molar-refractivity contribution in [2.75, 3.05) is 0 Å². The molecule has 1 atom stereocenters. The molecule has 0 aromatic heterocycles. The molecule has 2 aromatic carbocycles. The second-order valence-electron chi connectivity index (χ2n) is 5.15. The SMILES string of the molecule is CC(C)(O)OC(Cc1ccccc1)c1ccccc1. The zero-order chi connectivity index (χ0) is 13.7. The van der Waals surface area contributed by atoms with Gasteiger partial charge in [-0.25, -0.2) is 0 Å². The highest BCUT2D eigenvalue weighted by molar-refractivity contribution is 5.22. The molecule has 0 fully saturated rings. The molecule has 1 N–H and O–H groups in total. The van der Waals surface area contributed by atoms with Crippen LogP contribution < -0.4 is 0 Å². The summed E-state index contributed by atoms with van der Waals surface area (Å²) in [5, 5.41) is 9.91. The van der Waals surface area contributed by atoms with Crippen LogP contribution in [-0.4, -0.2) is 10.9 Å². The van der Waals surface area contributed by atoms with Gasteiger partial charge in [-0.1, -0.05) is 60.7 Å². The van der Waals surface area contributed by atoms with Crippen molar-refractivity contribution in [3.63, 3.8) is 0 Å². The van der Waals surface area contributed by atoms with Crippen LogP contribution in [0.15, 0.2) is 60.7 Å². The number of hydrogen-bond acceptors (Lipinski definition) is 2. The van der Waals surface area contributed by atoms with Gasteiger partial charge < -0.3 is 9.84 Å². The van der Waals surface area contributed by atoms with Gasteiger partial charge in [-0.15, -0.1) is 0 Å². The van der Waals surface area contributed by atoms with E-state index in [2.05, 4.69) is 12.1 Å². The van der Waals surface area contributed by atoms with E-state index in [1.807, 2.05) is 48.5 Å². The zero-order valence-electron chi connectivity index (χ0n) is 11.4. The summed E-state index contributed by atoms with van der Waals surface area (Å²) in [7, 11) is 0. The summed E-state index contributed by atoms with van der Waals surface area (Å²) in [6.45, 7) is 3.32. The van der Waals surface area contributed by atoms with E-state index in [4.69, 9.17) is 4.74 Å². The third kappa shape index (κ3) is 4.51. The number of benzene rings is 2. The minimum atomic E-state index is -1.14. The molecule has 2 rings (SSSR count). The Bertz CT molecular complexity index is 486. The molecule has 0 spiro atoms. The lowest BCUT2D eigenvalue weighted by Crippen LogP contribution is -2.27. The minimum Gasteiger partial charge on any atom is -0.366 e. The summed E-state index contributed by atoms with van der Waals surface area (Å²) in [6.07, 6.45) is 0.595. The summed E-state index contributed by atoms with van der Waals surface area (Å²) < 4.78 is 5.78. The van der Waals surface area contributed by atoms with Gasteiger partial charge in [0, 0.05) is 6.42 Å². The van der Waals surface area contributed by atoms with E-state index < -0.39 is 5.79 Å². The van der Waals surface area contributed by atoms with Crippen molar-refractivity contribution in [1.29, 1.82) is 0 Å². The van der Waals surface area contributed by atoms with E-state index in [9.17, 15) is 5.11 Å². The monoisotopic (exact) mass is 256 g/mol. The topological polar surface area (TPSA) is 29.5 Å². The quantitative estimate of drug-likeness (QED) is 0.826. The first-order valence-corrected chi connectivity index (χ1v) is 6.54. The zero-order valence-corrected chi connectivity index (χ0v) is 11.4. The molecule has 0 saturated carbocycles. The van der Waals surface area contributed by atoms with Crippen molar-refractivity contribution in [2.45, 2.75) is 32.2 Å². The van der Waals surface area contributed by atoms with Gasteiger partial charge in [0.05, 0.1) is 6.10 Å². The number of aliphatic hydroxyl groups is 1. The van der Waals surface area contributed by atoms with Crippen molar-refractivity contribution in [1.82, 2.24) is 0 Å². The second-order valence-corrected chi connectivity index (χ2v) is 5.15. The van der Waals surface area contributed by atoms with Crippen molar-refractivity contribution in [2.24, 2.45) is 0 Å². The molecule has 0 amide bonds. The highest BCUT2D eigenvalue weighted by Crippen LogP contribution is 2.26. The first-order valence-electron chi connectivity index (χ1n) is 6.54. The van der Waals surface area contributed by atoms with Crippen LogP contribution in [-0.2, 0) is 11.2 Å². The van der Waals surface area contributed by atoms with Crippen LogP contribution in [0.5, 0.6) is 0 Å². The minimum absolute atomic E-state index is 0.149. The molecule has 0 heterocycles. The van der Waals surface area contributed by atoms with E-state index >= 15 is 0 Å². The molecule has 0 bridgehead atoms. The number of rotatable bonds is 5. The summed E-state index contributed by atoms with van der Waals surface area (Å²) >= 11 is 0. The van der Waals surface area contributed by atoms with Gasteiger partial charge in [-0.3, -0.25) is 0 Å². The molecule has 100 valence electrons. The molecule has 0 aliphatic heterocycles. The molecule has 0 radical (unpaired) electrons. The first-order chi connectivity index (χ1) is 9.04. The fraction of sp³-hybridized carbons (Fsp3) is 0.294. The largest absolute Gasteiger partial charge is 0.366 e. The van der Waals surface area contributed by atoms with Crippen LogP contribution in [0.3, 0.4) is 0 Å². The van der Waals surface area contributed by atoms with Crippen LogP contribution in [0.25, 0.3) is 0 Å². The van der Waals surface area contributed by atoms with Gasteiger partial charge in [0.1, 0.15) is 0 Å². The molecule has 19 heavy (non-hydrogen) atoms. The van der Waals surface area contributed by atoms with Crippen LogP contribution in [0.1, 0.15) is 31.1 Å². The number of ether oxygens (including phenoxy) is 1. The second kappa shape index (κ2) is 6.00. The smallest absolute Gasteiger partial charge is 0.160 e. The highest BCUT2D eigenvalue weighted by Gasteiger charge is 2.22. The molecule has 2 nitrogen and oxygen atoms in total. The van der Waals surface area contributed by atoms with Crippen molar-refractivity contribution >= 4 is 0 Å². The maximum absolute atomic E-state index is 9.91. The fourth-order valence-electron chi connectivity index (χ4n) is 2.07. The molecule has 0 saturated heterocycles. The maximum Gasteiger partial charge on any atom is 0.160 e. The van der Waals surface area contributed by atoms with Gasteiger partial charge >= 0.3 is 0 Å². The van der Waals surface area contributed by atoms with Crippen molar-refractivity contribution < 1.29 is 9.84 Å². The van der Waals surface area contributed by atoms with Gasteiger partial charge in [-0.2, -0.15) is 0 Å². The lowest BCUT2D eigenvalue weighted by atomic mass is 10.0. The van der Waals surface area contributed by atoms with Crippen molar-refractivity contribution in [3.8, 4) is 0 Å².